The van der Waals surface area contributed by atoms with Crippen LogP contribution in [0, 0.1) is 18.3 Å². The molecule has 7 rings (SSSR count). The number of fused-ring (bicyclic) bond motifs is 2. The zero-order valence-electron chi connectivity index (χ0n) is 24.2. The van der Waals surface area contributed by atoms with E-state index in [9.17, 15) is 10.1 Å². The molecule has 0 saturated carbocycles. The normalized spacial score (nSPS) is 23.5. The first kappa shape index (κ1) is 26.9. The minimum absolute atomic E-state index is 0.0996. The van der Waals surface area contributed by atoms with E-state index in [1.54, 1.807) is 0 Å². The number of benzene rings is 2. The Labute approximate surface area is 246 Å². The third kappa shape index (κ3) is 5.23. The highest BCUT2D eigenvalue weighted by Crippen LogP contribution is 2.36. The van der Waals surface area contributed by atoms with Crippen molar-refractivity contribution in [1.82, 2.24) is 25.5 Å². The Morgan fingerprint density at radius 3 is 2.76 bits per heavy atom. The molecule has 0 spiro atoms. The van der Waals surface area contributed by atoms with Crippen molar-refractivity contribution in [2.45, 2.75) is 57.3 Å². The number of piperazine rings is 1. The van der Waals surface area contributed by atoms with Crippen molar-refractivity contribution in [2.24, 2.45) is 0 Å². The van der Waals surface area contributed by atoms with Crippen LogP contribution in [-0.4, -0.2) is 84.8 Å². The Morgan fingerprint density at radius 1 is 1.12 bits per heavy atom. The number of amides is 1. The molecular formula is C32H38N8O2. The van der Waals surface area contributed by atoms with Crippen LogP contribution in [0.25, 0.3) is 10.8 Å². The summed E-state index contributed by atoms with van der Waals surface area (Å²) in [4.78, 5) is 29.5. The van der Waals surface area contributed by atoms with Crippen molar-refractivity contribution in [3.8, 4) is 12.1 Å². The Hall–Kier alpha value is -3.94. The maximum atomic E-state index is 13.0. The average Bonchev–Trinajstić information content (AvgIpc) is 3.74. The van der Waals surface area contributed by atoms with Crippen molar-refractivity contribution in [2.75, 3.05) is 55.7 Å². The van der Waals surface area contributed by atoms with Gasteiger partial charge in [0.25, 0.3) is 0 Å². The zero-order valence-corrected chi connectivity index (χ0v) is 24.2. The van der Waals surface area contributed by atoms with Gasteiger partial charge in [0, 0.05) is 55.4 Å². The fourth-order valence-electron chi connectivity index (χ4n) is 6.82. The molecule has 42 heavy (non-hydrogen) atoms. The molecule has 10 heteroatoms. The van der Waals surface area contributed by atoms with Crippen LogP contribution in [0.4, 0.5) is 11.5 Å². The minimum Gasteiger partial charge on any atom is -0.462 e. The van der Waals surface area contributed by atoms with Gasteiger partial charge >= 0.3 is 6.01 Å². The first-order valence-corrected chi connectivity index (χ1v) is 15.2. The van der Waals surface area contributed by atoms with Crippen molar-refractivity contribution < 1.29 is 9.53 Å². The molecule has 0 bridgehead atoms. The maximum Gasteiger partial charge on any atom is 0.318 e. The van der Waals surface area contributed by atoms with E-state index in [0.717, 1.165) is 56.0 Å². The van der Waals surface area contributed by atoms with Gasteiger partial charge in [-0.15, -0.1) is 0 Å². The average molecular weight is 567 g/mol. The van der Waals surface area contributed by atoms with E-state index in [2.05, 4.69) is 69.8 Å². The number of nitriles is 1. The molecule has 10 nitrogen and oxygen atoms in total. The van der Waals surface area contributed by atoms with Gasteiger partial charge in [-0.3, -0.25) is 4.79 Å². The first-order valence-electron chi connectivity index (χ1n) is 15.2. The molecule has 3 atom stereocenters. The van der Waals surface area contributed by atoms with Gasteiger partial charge in [0.05, 0.1) is 36.8 Å². The van der Waals surface area contributed by atoms with Gasteiger partial charge < -0.3 is 30.1 Å². The van der Waals surface area contributed by atoms with Gasteiger partial charge in [0.1, 0.15) is 12.4 Å². The highest BCUT2D eigenvalue weighted by atomic mass is 16.5. The Kier molecular flexibility index (Phi) is 7.30. The quantitative estimate of drug-likeness (QED) is 0.416. The van der Waals surface area contributed by atoms with E-state index >= 15 is 0 Å². The number of aromatic nitrogens is 2. The number of anilines is 2. The van der Waals surface area contributed by atoms with Gasteiger partial charge in [-0.25, -0.2) is 0 Å². The molecular weight excluding hydrogens is 528 g/mol. The molecule has 1 amide bonds. The van der Waals surface area contributed by atoms with Crippen LogP contribution in [0.3, 0.4) is 0 Å². The molecule has 2 aromatic carbocycles. The smallest absolute Gasteiger partial charge is 0.318 e. The highest BCUT2D eigenvalue weighted by Gasteiger charge is 2.39. The molecule has 3 aromatic rings. The number of carbonyl (C=O) groups excluding carboxylic acids is 1. The largest absolute Gasteiger partial charge is 0.462 e. The predicted octanol–water partition coefficient (Wildman–Crippen LogP) is 2.53. The molecule has 1 aromatic heterocycles. The van der Waals surface area contributed by atoms with Crippen molar-refractivity contribution in [3.05, 3.63) is 53.2 Å². The minimum atomic E-state index is -0.171. The molecule has 0 unspecified atom stereocenters. The summed E-state index contributed by atoms with van der Waals surface area (Å²) in [6, 6.07) is 15.7. The molecule has 2 N–H and O–H groups in total. The summed E-state index contributed by atoms with van der Waals surface area (Å²) in [6.07, 6.45) is 3.36. The summed E-state index contributed by atoms with van der Waals surface area (Å²) in [7, 11) is 0. The third-order valence-electron chi connectivity index (χ3n) is 9.13. The van der Waals surface area contributed by atoms with Gasteiger partial charge in [-0.1, -0.05) is 30.3 Å². The lowest BCUT2D eigenvalue weighted by Crippen LogP contribution is -2.57. The van der Waals surface area contributed by atoms with E-state index in [1.165, 1.54) is 22.0 Å². The molecule has 0 radical (unpaired) electrons. The van der Waals surface area contributed by atoms with E-state index < -0.39 is 0 Å². The molecule has 0 aliphatic carbocycles. The van der Waals surface area contributed by atoms with Crippen LogP contribution in [0.15, 0.2) is 36.4 Å². The molecule has 4 aliphatic heterocycles. The number of aryl methyl sites for hydroxylation is 1. The molecule has 4 aliphatic rings. The van der Waals surface area contributed by atoms with E-state index in [-0.39, 0.29) is 18.0 Å². The Balaban J connectivity index is 1.21. The highest BCUT2D eigenvalue weighted by molar-refractivity contribution is 5.97. The second-order valence-corrected chi connectivity index (χ2v) is 11.9. The summed E-state index contributed by atoms with van der Waals surface area (Å²) < 4.78 is 6.24. The second-order valence-electron chi connectivity index (χ2n) is 11.9. The van der Waals surface area contributed by atoms with Crippen LogP contribution in [0.2, 0.25) is 0 Å². The molecule has 3 saturated heterocycles. The van der Waals surface area contributed by atoms with Crippen molar-refractivity contribution in [1.29, 1.82) is 5.26 Å². The fraction of sp³-hybridized carbons (Fsp3) is 0.500. The van der Waals surface area contributed by atoms with Gasteiger partial charge in [0.2, 0.25) is 5.91 Å². The van der Waals surface area contributed by atoms with Crippen molar-refractivity contribution >= 4 is 28.2 Å². The van der Waals surface area contributed by atoms with Crippen LogP contribution in [0.5, 0.6) is 6.01 Å². The van der Waals surface area contributed by atoms with Crippen LogP contribution < -0.4 is 25.2 Å². The topological polar surface area (TPSA) is 120 Å². The second kappa shape index (κ2) is 11.4. The number of ether oxygens (including phenoxy) is 1. The SMILES string of the molecule is Cc1cccc2cccc(N3CCc4c(nc(OC[C@@H]5CCCN5)nc4N4CCN(C(=O)[C@H]5CN5)[C@@H](CC#N)C4)C3)c12. The lowest BCUT2D eigenvalue weighted by molar-refractivity contribution is -0.133. The number of carbonyl (C=O) groups is 1. The summed E-state index contributed by atoms with van der Waals surface area (Å²) in [6.45, 7) is 7.80. The number of hydrogen-bond acceptors (Lipinski definition) is 9. The monoisotopic (exact) mass is 566 g/mol. The third-order valence-corrected chi connectivity index (χ3v) is 9.13. The van der Waals surface area contributed by atoms with Crippen molar-refractivity contribution in [3.63, 3.8) is 0 Å². The van der Waals surface area contributed by atoms with Gasteiger partial charge in [-0.05, 0) is 49.7 Å². The van der Waals surface area contributed by atoms with E-state index in [1.807, 2.05) is 4.90 Å². The standard InChI is InChI=1S/C32H38N8O2/c1-21-5-2-6-22-7-3-9-28(29(21)22)38-14-11-25-27(19-38)36-32(42-20-23-8-4-13-34-23)37-30(25)39-15-16-40(24(18-39)10-12-33)31(41)26-17-35-26/h2-3,5-7,9,23-24,26,34-35H,4,8,10-11,13-20H2,1H3/t23-,24-,26+/m0/s1. The molecule has 3 fully saturated rings. The molecule has 218 valence electrons. The van der Waals surface area contributed by atoms with Gasteiger partial charge in [0.15, 0.2) is 0 Å². The number of nitrogens with one attached hydrogen (secondary N) is 2. The van der Waals surface area contributed by atoms with Crippen LogP contribution in [-0.2, 0) is 17.8 Å². The molecule has 5 heterocycles. The summed E-state index contributed by atoms with van der Waals surface area (Å²) in [5.41, 5.74) is 4.63. The zero-order chi connectivity index (χ0) is 28.6. The maximum absolute atomic E-state index is 13.0. The Bertz CT molecular complexity index is 1520. The summed E-state index contributed by atoms with van der Waals surface area (Å²) in [5.74, 6) is 0.997. The number of rotatable bonds is 7. The fourth-order valence-corrected chi connectivity index (χ4v) is 6.82. The summed E-state index contributed by atoms with van der Waals surface area (Å²) >= 11 is 0. The Morgan fingerprint density at radius 2 is 1.98 bits per heavy atom. The predicted molar refractivity (Wildman–Crippen MR) is 162 cm³/mol. The van der Waals surface area contributed by atoms with E-state index in [4.69, 9.17) is 14.7 Å². The van der Waals surface area contributed by atoms with E-state index in [0.29, 0.717) is 51.3 Å². The lowest BCUT2D eigenvalue weighted by atomic mass is 9.99. The van der Waals surface area contributed by atoms with Crippen LogP contribution >= 0.6 is 0 Å². The number of nitrogens with zero attached hydrogens (tertiary/aromatic N) is 6. The lowest BCUT2D eigenvalue weighted by Gasteiger charge is -2.42. The van der Waals surface area contributed by atoms with Gasteiger partial charge in [-0.2, -0.15) is 15.2 Å². The number of hydrogen-bond donors (Lipinski definition) is 2. The van der Waals surface area contributed by atoms with Crippen LogP contribution in [0.1, 0.15) is 36.1 Å². The summed E-state index contributed by atoms with van der Waals surface area (Å²) in [5, 5.41) is 18.7. The first-order chi connectivity index (χ1) is 20.6.